The van der Waals surface area contributed by atoms with Crippen molar-refractivity contribution in [2.24, 2.45) is 0 Å². The molecule has 24 heavy (non-hydrogen) atoms. The van der Waals surface area contributed by atoms with Gasteiger partial charge in [0.1, 0.15) is 11.4 Å². The van der Waals surface area contributed by atoms with Crippen LogP contribution in [0.3, 0.4) is 0 Å². The van der Waals surface area contributed by atoms with Gasteiger partial charge < -0.3 is 19.5 Å². The molecule has 0 aromatic heterocycles. The minimum absolute atomic E-state index is 0.249. The van der Waals surface area contributed by atoms with Crippen LogP contribution in [0.4, 0.5) is 4.79 Å². The van der Waals surface area contributed by atoms with Gasteiger partial charge in [0, 0.05) is 20.1 Å². The van der Waals surface area contributed by atoms with E-state index in [4.69, 9.17) is 14.6 Å². The smallest absolute Gasteiger partial charge is 0.410 e. The Hall–Kier alpha value is -2.28. The third kappa shape index (κ3) is 3.79. The van der Waals surface area contributed by atoms with Crippen LogP contribution in [0.5, 0.6) is 5.75 Å². The van der Waals surface area contributed by atoms with E-state index in [1.807, 2.05) is 18.2 Å². The number of likely N-dealkylation sites (N-methyl/N-ethyl adjacent to an activating group) is 1. The maximum atomic E-state index is 11.7. The van der Waals surface area contributed by atoms with Gasteiger partial charge in [-0.3, -0.25) is 4.90 Å². The van der Waals surface area contributed by atoms with Gasteiger partial charge in [-0.05, 0) is 37.1 Å². The summed E-state index contributed by atoms with van der Waals surface area (Å²) in [6, 6.07) is 7.45. The van der Waals surface area contributed by atoms with Crippen molar-refractivity contribution in [2.75, 3.05) is 33.3 Å². The fourth-order valence-corrected chi connectivity index (χ4v) is 3.47. The maximum Gasteiger partial charge on any atom is 0.410 e. The number of aliphatic carboxylic acids is 1. The standard InChI is InChI=1S/C17H22N2O5/c1-18-11-17(24-16(18)22)6-3-7-19(12-17)9-13-4-2-5-14(8-13)23-10-15(20)21/h2,4-5,8H,3,6-7,9-12H2,1H3,(H,20,21). The molecule has 2 aliphatic heterocycles. The number of piperidine rings is 1. The molecule has 0 aliphatic carbocycles. The summed E-state index contributed by atoms with van der Waals surface area (Å²) in [7, 11) is 1.76. The lowest BCUT2D eigenvalue weighted by Crippen LogP contribution is -2.50. The van der Waals surface area contributed by atoms with Crippen LogP contribution in [0.2, 0.25) is 0 Å². The van der Waals surface area contributed by atoms with E-state index in [1.165, 1.54) is 0 Å². The van der Waals surface area contributed by atoms with E-state index >= 15 is 0 Å². The van der Waals surface area contributed by atoms with Gasteiger partial charge in [-0.1, -0.05) is 12.1 Å². The Morgan fingerprint density at radius 3 is 2.96 bits per heavy atom. The van der Waals surface area contributed by atoms with Crippen LogP contribution in [0.25, 0.3) is 0 Å². The van der Waals surface area contributed by atoms with Crippen LogP contribution in [-0.4, -0.2) is 65.9 Å². The number of benzene rings is 1. The third-order valence-electron chi connectivity index (χ3n) is 4.43. The lowest BCUT2D eigenvalue weighted by molar-refractivity contribution is -0.139. The molecule has 1 N–H and O–H groups in total. The van der Waals surface area contributed by atoms with E-state index in [2.05, 4.69) is 4.90 Å². The summed E-state index contributed by atoms with van der Waals surface area (Å²) >= 11 is 0. The number of amides is 1. The lowest BCUT2D eigenvalue weighted by Gasteiger charge is -2.38. The topological polar surface area (TPSA) is 79.3 Å². The molecule has 1 aromatic carbocycles. The molecule has 2 fully saturated rings. The maximum absolute atomic E-state index is 11.7. The summed E-state index contributed by atoms with van der Waals surface area (Å²) in [5.74, 6) is -0.445. The Kier molecular flexibility index (Phi) is 4.62. The monoisotopic (exact) mass is 334 g/mol. The first-order valence-electron chi connectivity index (χ1n) is 8.06. The summed E-state index contributed by atoms with van der Waals surface area (Å²) < 4.78 is 10.8. The van der Waals surface area contributed by atoms with Crippen LogP contribution < -0.4 is 4.74 Å². The Morgan fingerprint density at radius 2 is 2.25 bits per heavy atom. The normalized spacial score (nSPS) is 24.2. The van der Waals surface area contributed by atoms with Crippen LogP contribution >= 0.6 is 0 Å². The lowest BCUT2D eigenvalue weighted by atomic mass is 9.92. The molecular weight excluding hydrogens is 312 g/mol. The van der Waals surface area contributed by atoms with Crippen molar-refractivity contribution in [3.8, 4) is 5.75 Å². The van der Waals surface area contributed by atoms with Crippen molar-refractivity contribution < 1.29 is 24.2 Å². The average molecular weight is 334 g/mol. The molecule has 0 radical (unpaired) electrons. The fraction of sp³-hybridized carbons (Fsp3) is 0.529. The first kappa shape index (κ1) is 16.6. The highest BCUT2D eigenvalue weighted by Gasteiger charge is 2.46. The van der Waals surface area contributed by atoms with Crippen molar-refractivity contribution in [1.82, 2.24) is 9.80 Å². The molecule has 1 unspecified atom stereocenters. The molecule has 2 saturated heterocycles. The number of rotatable bonds is 5. The van der Waals surface area contributed by atoms with Gasteiger partial charge in [0.25, 0.3) is 0 Å². The summed E-state index contributed by atoms with van der Waals surface area (Å²) in [5, 5.41) is 8.69. The van der Waals surface area contributed by atoms with Crippen molar-refractivity contribution in [1.29, 1.82) is 0 Å². The summed E-state index contributed by atoms with van der Waals surface area (Å²) in [5.41, 5.74) is 0.647. The number of carbonyl (C=O) groups is 2. The molecule has 130 valence electrons. The van der Waals surface area contributed by atoms with Gasteiger partial charge in [-0.25, -0.2) is 9.59 Å². The highest BCUT2D eigenvalue weighted by molar-refractivity contribution is 5.70. The molecule has 7 nitrogen and oxygen atoms in total. The van der Waals surface area contributed by atoms with Crippen LogP contribution in [0.1, 0.15) is 18.4 Å². The van der Waals surface area contributed by atoms with Gasteiger partial charge in [0.2, 0.25) is 0 Å². The second kappa shape index (κ2) is 6.68. The average Bonchev–Trinajstić information content (AvgIpc) is 2.79. The van der Waals surface area contributed by atoms with Gasteiger partial charge in [0.15, 0.2) is 6.61 Å². The first-order valence-corrected chi connectivity index (χ1v) is 8.06. The zero-order chi connectivity index (χ0) is 17.2. The van der Waals surface area contributed by atoms with E-state index in [0.717, 1.165) is 24.9 Å². The van der Waals surface area contributed by atoms with E-state index in [-0.39, 0.29) is 12.7 Å². The molecule has 3 rings (SSSR count). The van der Waals surface area contributed by atoms with Crippen molar-refractivity contribution in [2.45, 2.75) is 25.0 Å². The van der Waals surface area contributed by atoms with E-state index < -0.39 is 11.6 Å². The zero-order valence-corrected chi connectivity index (χ0v) is 13.7. The first-order chi connectivity index (χ1) is 11.5. The summed E-state index contributed by atoms with van der Waals surface area (Å²) in [6.07, 6.45) is 1.62. The predicted octanol–water partition coefficient (Wildman–Crippen LogP) is 1.57. The second-order valence-electron chi connectivity index (χ2n) is 6.55. The van der Waals surface area contributed by atoms with Crippen LogP contribution in [0.15, 0.2) is 24.3 Å². The number of hydrogen-bond acceptors (Lipinski definition) is 5. The Labute approximate surface area is 140 Å². The number of ether oxygens (including phenoxy) is 2. The van der Waals surface area contributed by atoms with Crippen LogP contribution in [0, 0.1) is 0 Å². The number of likely N-dealkylation sites (tertiary alicyclic amines) is 1. The molecule has 1 spiro atoms. The van der Waals surface area contributed by atoms with Gasteiger partial charge in [-0.15, -0.1) is 0 Å². The molecule has 0 bridgehead atoms. The van der Waals surface area contributed by atoms with Gasteiger partial charge >= 0.3 is 12.1 Å². The number of nitrogens with zero attached hydrogens (tertiary/aromatic N) is 2. The quantitative estimate of drug-likeness (QED) is 0.880. The Bertz CT molecular complexity index is 635. The van der Waals surface area contributed by atoms with Crippen molar-refractivity contribution in [3.05, 3.63) is 29.8 Å². The molecule has 1 aromatic rings. The molecular formula is C17H22N2O5. The minimum Gasteiger partial charge on any atom is -0.482 e. The molecule has 7 heteroatoms. The zero-order valence-electron chi connectivity index (χ0n) is 13.7. The summed E-state index contributed by atoms with van der Waals surface area (Å²) in [6.45, 7) is 2.66. The van der Waals surface area contributed by atoms with E-state index in [9.17, 15) is 9.59 Å². The highest BCUT2D eigenvalue weighted by Crippen LogP contribution is 2.32. The third-order valence-corrected chi connectivity index (χ3v) is 4.43. The molecule has 1 amide bonds. The SMILES string of the molecule is CN1CC2(CCCN(Cc3cccc(OCC(=O)O)c3)C2)OC1=O. The van der Waals surface area contributed by atoms with Crippen molar-refractivity contribution >= 4 is 12.1 Å². The molecule has 2 heterocycles. The Balaban J connectivity index is 1.62. The Morgan fingerprint density at radius 1 is 1.42 bits per heavy atom. The van der Waals surface area contributed by atoms with Crippen LogP contribution in [-0.2, 0) is 16.1 Å². The van der Waals surface area contributed by atoms with E-state index in [1.54, 1.807) is 18.0 Å². The molecule has 0 saturated carbocycles. The largest absolute Gasteiger partial charge is 0.482 e. The van der Waals surface area contributed by atoms with Gasteiger partial charge in [-0.2, -0.15) is 0 Å². The number of carboxylic acid groups (broad SMARTS) is 1. The fourth-order valence-electron chi connectivity index (χ4n) is 3.47. The minimum atomic E-state index is -0.995. The molecule has 2 aliphatic rings. The number of hydrogen-bond donors (Lipinski definition) is 1. The summed E-state index contributed by atoms with van der Waals surface area (Å²) in [4.78, 5) is 26.2. The molecule has 1 atom stereocenters. The second-order valence-corrected chi connectivity index (χ2v) is 6.55. The van der Waals surface area contributed by atoms with Crippen molar-refractivity contribution in [3.63, 3.8) is 0 Å². The number of carbonyl (C=O) groups excluding carboxylic acids is 1. The van der Waals surface area contributed by atoms with E-state index in [0.29, 0.717) is 25.4 Å². The number of carboxylic acids is 1. The predicted molar refractivity (Wildman–Crippen MR) is 85.9 cm³/mol. The van der Waals surface area contributed by atoms with Gasteiger partial charge in [0.05, 0.1) is 6.54 Å². The highest BCUT2D eigenvalue weighted by atomic mass is 16.6.